The van der Waals surface area contributed by atoms with Gasteiger partial charge in [-0.15, -0.1) is 0 Å². The van der Waals surface area contributed by atoms with Crippen molar-refractivity contribution in [3.63, 3.8) is 0 Å². The Morgan fingerprint density at radius 1 is 0.706 bits per heavy atom. The van der Waals surface area contributed by atoms with Crippen molar-refractivity contribution in [3.8, 4) is 0 Å². The van der Waals surface area contributed by atoms with Gasteiger partial charge in [-0.25, -0.2) is 0 Å². The first kappa shape index (κ1) is 13.0. The van der Waals surface area contributed by atoms with Crippen LogP contribution in [-0.4, -0.2) is 15.1 Å². The first-order valence-corrected chi connectivity index (χ1v) is 5.75. The zero-order chi connectivity index (χ0) is 12.5. The SMILES string of the molecule is O=C(c1ccccc1)c1ccccc1.O=[Si]=O. The number of hydrogen-bond donors (Lipinski definition) is 0. The largest absolute Gasteiger partial charge is 0.549 e. The minimum Gasteiger partial charge on any atom is -0.289 e. The Balaban J connectivity index is 0.000000437. The van der Waals surface area contributed by atoms with Crippen LogP contribution in [0.1, 0.15) is 15.9 Å². The third-order valence-corrected chi connectivity index (χ3v) is 2.07. The normalized spacial score (nSPS) is 8.47. The molecule has 2 rings (SSSR count). The lowest BCUT2D eigenvalue weighted by molar-refractivity contribution is 0.103. The van der Waals surface area contributed by atoms with Crippen molar-refractivity contribution in [2.45, 2.75) is 0 Å². The number of ketones is 1. The van der Waals surface area contributed by atoms with Gasteiger partial charge in [-0.2, -0.15) is 0 Å². The van der Waals surface area contributed by atoms with Crippen molar-refractivity contribution in [1.82, 2.24) is 0 Å². The summed E-state index contributed by atoms with van der Waals surface area (Å²) in [6.07, 6.45) is 0. The summed E-state index contributed by atoms with van der Waals surface area (Å²) < 4.78 is 16.8. The maximum atomic E-state index is 11.8. The second-order valence-corrected chi connectivity index (χ2v) is 3.31. The van der Waals surface area contributed by atoms with Crippen LogP contribution >= 0.6 is 0 Å². The van der Waals surface area contributed by atoms with Gasteiger partial charge in [0.2, 0.25) is 0 Å². The summed E-state index contributed by atoms with van der Waals surface area (Å²) in [6.45, 7) is 0. The van der Waals surface area contributed by atoms with Crippen LogP contribution in [0.2, 0.25) is 0 Å². The zero-order valence-corrected chi connectivity index (χ0v) is 10.00. The Bertz CT molecular complexity index is 461. The van der Waals surface area contributed by atoms with E-state index in [0.717, 1.165) is 11.1 Å². The minimum atomic E-state index is -1.42. The molecule has 0 aromatic heterocycles. The third-order valence-electron chi connectivity index (χ3n) is 2.07. The van der Waals surface area contributed by atoms with E-state index in [1.54, 1.807) is 0 Å². The lowest BCUT2D eigenvalue weighted by atomic mass is 10.0. The second-order valence-electron chi connectivity index (χ2n) is 3.14. The summed E-state index contributed by atoms with van der Waals surface area (Å²) in [7, 11) is -1.42. The molecule has 3 nitrogen and oxygen atoms in total. The molecule has 0 heterocycles. The van der Waals surface area contributed by atoms with Crippen molar-refractivity contribution in [3.05, 3.63) is 71.8 Å². The highest BCUT2D eigenvalue weighted by molar-refractivity contribution is 6.08. The van der Waals surface area contributed by atoms with Crippen LogP contribution in [0.15, 0.2) is 60.7 Å². The van der Waals surface area contributed by atoms with E-state index in [4.69, 9.17) is 8.92 Å². The molecular formula is C13H10O3Si. The van der Waals surface area contributed by atoms with Crippen molar-refractivity contribution in [2.24, 2.45) is 0 Å². The van der Waals surface area contributed by atoms with E-state index in [-0.39, 0.29) is 5.78 Å². The fraction of sp³-hybridized carbons (Fsp3) is 0. The molecule has 17 heavy (non-hydrogen) atoms. The van der Waals surface area contributed by atoms with E-state index >= 15 is 0 Å². The molecule has 0 radical (unpaired) electrons. The number of carbonyl (C=O) groups excluding carboxylic acids is 1. The molecule has 0 N–H and O–H groups in total. The van der Waals surface area contributed by atoms with E-state index in [0.29, 0.717) is 0 Å². The standard InChI is InChI=1S/C13H10O.O2Si/c14-13(11-7-3-1-4-8-11)12-9-5-2-6-10-12;1-3-2/h1-10H;. The number of benzene rings is 2. The molecule has 2 aromatic rings. The number of hydrogen-bond acceptors (Lipinski definition) is 3. The van der Waals surface area contributed by atoms with Gasteiger partial charge >= 0.3 is 9.29 Å². The van der Waals surface area contributed by atoms with Gasteiger partial charge in [0.15, 0.2) is 5.78 Å². The van der Waals surface area contributed by atoms with E-state index in [1.807, 2.05) is 60.7 Å². The van der Waals surface area contributed by atoms with Crippen LogP contribution in [-0.2, 0) is 8.92 Å². The average Bonchev–Trinajstić information content (AvgIpc) is 2.41. The maximum Gasteiger partial charge on any atom is 0.549 e. The van der Waals surface area contributed by atoms with Crippen LogP contribution in [0.3, 0.4) is 0 Å². The lowest BCUT2D eigenvalue weighted by Gasteiger charge is -1.99. The molecule has 2 aromatic carbocycles. The van der Waals surface area contributed by atoms with Crippen molar-refractivity contribution >= 4 is 15.1 Å². The number of carbonyl (C=O) groups is 1. The fourth-order valence-corrected chi connectivity index (χ4v) is 1.35. The molecule has 0 bridgehead atoms. The van der Waals surface area contributed by atoms with Gasteiger partial charge in [-0.3, -0.25) is 13.7 Å². The van der Waals surface area contributed by atoms with Crippen molar-refractivity contribution < 1.29 is 13.7 Å². The molecule has 0 fully saturated rings. The monoisotopic (exact) mass is 242 g/mol. The fourth-order valence-electron chi connectivity index (χ4n) is 1.35. The Hall–Kier alpha value is -2.07. The van der Waals surface area contributed by atoms with Crippen LogP contribution < -0.4 is 0 Å². The van der Waals surface area contributed by atoms with Gasteiger partial charge in [-0.1, -0.05) is 60.7 Å². The predicted octanol–water partition coefficient (Wildman–Crippen LogP) is 2.30. The average molecular weight is 242 g/mol. The van der Waals surface area contributed by atoms with Gasteiger partial charge in [0.25, 0.3) is 0 Å². The summed E-state index contributed by atoms with van der Waals surface area (Å²) >= 11 is 0. The van der Waals surface area contributed by atoms with Gasteiger partial charge in [0.1, 0.15) is 0 Å². The molecule has 4 heteroatoms. The van der Waals surface area contributed by atoms with Gasteiger partial charge in [0, 0.05) is 11.1 Å². The first-order valence-electron chi connectivity index (χ1n) is 4.93. The van der Waals surface area contributed by atoms with Crippen LogP contribution in [0.25, 0.3) is 0 Å². The van der Waals surface area contributed by atoms with Gasteiger partial charge < -0.3 is 0 Å². The Morgan fingerprint density at radius 3 is 1.29 bits per heavy atom. The number of rotatable bonds is 2. The predicted molar refractivity (Wildman–Crippen MR) is 63.4 cm³/mol. The second kappa shape index (κ2) is 7.24. The highest BCUT2D eigenvalue weighted by Gasteiger charge is 2.06. The Kier molecular flexibility index (Phi) is 5.54. The Morgan fingerprint density at radius 2 is 1.00 bits per heavy atom. The summed E-state index contributed by atoms with van der Waals surface area (Å²) in [6, 6.07) is 18.6. The van der Waals surface area contributed by atoms with Gasteiger partial charge in [-0.05, 0) is 0 Å². The molecule has 0 amide bonds. The molecular weight excluding hydrogens is 232 g/mol. The summed E-state index contributed by atoms with van der Waals surface area (Å²) in [5, 5.41) is 0. The van der Waals surface area contributed by atoms with Crippen LogP contribution in [0.5, 0.6) is 0 Å². The van der Waals surface area contributed by atoms with Crippen molar-refractivity contribution in [2.75, 3.05) is 0 Å². The molecule has 0 saturated heterocycles. The van der Waals surface area contributed by atoms with E-state index in [9.17, 15) is 4.79 Å². The summed E-state index contributed by atoms with van der Waals surface area (Å²) in [5.41, 5.74) is 1.47. The lowest BCUT2D eigenvalue weighted by Crippen LogP contribution is -1.99. The molecule has 0 aliphatic rings. The van der Waals surface area contributed by atoms with Crippen molar-refractivity contribution in [1.29, 1.82) is 0 Å². The van der Waals surface area contributed by atoms with Crippen LogP contribution in [0.4, 0.5) is 0 Å². The quantitative estimate of drug-likeness (QED) is 0.599. The minimum absolute atomic E-state index is 0.0752. The molecule has 0 aliphatic carbocycles. The maximum absolute atomic E-state index is 11.8. The van der Waals surface area contributed by atoms with E-state index < -0.39 is 9.29 Å². The Labute approximate surface area is 101 Å². The third kappa shape index (κ3) is 4.12. The highest BCUT2D eigenvalue weighted by atomic mass is 28.2. The molecule has 84 valence electrons. The molecule has 0 spiro atoms. The molecule has 0 saturated carbocycles. The van der Waals surface area contributed by atoms with E-state index in [1.165, 1.54) is 0 Å². The summed E-state index contributed by atoms with van der Waals surface area (Å²) in [5.74, 6) is 0.0752. The molecule has 0 unspecified atom stereocenters. The smallest absolute Gasteiger partial charge is 0.289 e. The summed E-state index contributed by atoms with van der Waals surface area (Å²) in [4.78, 5) is 11.8. The van der Waals surface area contributed by atoms with Crippen LogP contribution in [0, 0.1) is 0 Å². The molecule has 0 atom stereocenters. The topological polar surface area (TPSA) is 51.2 Å². The van der Waals surface area contributed by atoms with E-state index in [2.05, 4.69) is 0 Å². The zero-order valence-electron chi connectivity index (χ0n) is 9.00. The van der Waals surface area contributed by atoms with Gasteiger partial charge in [0.05, 0.1) is 0 Å². The first-order chi connectivity index (χ1) is 8.29. The molecule has 0 aliphatic heterocycles. The highest BCUT2D eigenvalue weighted by Crippen LogP contribution is 2.08.